The molecule has 0 amide bonds. The van der Waals surface area contributed by atoms with E-state index in [1.54, 1.807) is 69.0 Å². The molecule has 154 valence electrons. The normalized spacial score (nSPS) is 10.8. The van der Waals surface area contributed by atoms with Gasteiger partial charge in [0.25, 0.3) is 0 Å². The van der Waals surface area contributed by atoms with Crippen molar-refractivity contribution in [2.45, 2.75) is 6.61 Å². The highest BCUT2D eigenvalue weighted by Gasteiger charge is 2.08. The quantitative estimate of drug-likeness (QED) is 0.490. The van der Waals surface area contributed by atoms with E-state index in [9.17, 15) is 4.79 Å². The topological polar surface area (TPSA) is 77.4 Å². The number of methoxy groups -OCH3 is 2. The van der Waals surface area contributed by atoms with Crippen LogP contribution in [0.2, 0.25) is 5.02 Å². The third-order valence-electron chi connectivity index (χ3n) is 4.25. The van der Waals surface area contributed by atoms with Crippen molar-refractivity contribution in [3.63, 3.8) is 0 Å². The standard InChI is InChI=1S/C23H20ClNO5/c1-28-20-9-7-18(24)12-19(20)25-13-15-6-8-21(22(11-15)29-2)30-14-16-4-3-5-17(10-16)23(26)27/h3-13H,14H2,1-2H3,(H,26,27). The van der Waals surface area contributed by atoms with Crippen LogP contribution in [0.3, 0.4) is 0 Å². The van der Waals surface area contributed by atoms with Gasteiger partial charge in [0, 0.05) is 11.2 Å². The van der Waals surface area contributed by atoms with E-state index in [1.165, 1.54) is 6.07 Å². The molecule has 0 atom stereocenters. The van der Waals surface area contributed by atoms with E-state index >= 15 is 0 Å². The zero-order valence-electron chi connectivity index (χ0n) is 16.5. The van der Waals surface area contributed by atoms with E-state index in [4.69, 9.17) is 30.9 Å². The minimum atomic E-state index is -0.977. The number of rotatable bonds is 8. The van der Waals surface area contributed by atoms with Crippen LogP contribution in [0.25, 0.3) is 0 Å². The molecule has 1 N–H and O–H groups in total. The van der Waals surface area contributed by atoms with Crippen LogP contribution in [0.15, 0.2) is 65.7 Å². The zero-order valence-corrected chi connectivity index (χ0v) is 17.2. The van der Waals surface area contributed by atoms with Gasteiger partial charge in [-0.05, 0) is 59.7 Å². The first-order valence-corrected chi connectivity index (χ1v) is 9.38. The largest absolute Gasteiger partial charge is 0.494 e. The monoisotopic (exact) mass is 425 g/mol. The van der Waals surface area contributed by atoms with E-state index in [0.29, 0.717) is 28.0 Å². The number of nitrogens with zero attached hydrogens (tertiary/aromatic N) is 1. The number of benzene rings is 3. The first kappa shape index (κ1) is 21.2. The molecule has 0 saturated carbocycles. The Balaban J connectivity index is 1.76. The number of aromatic carboxylic acids is 1. The van der Waals surface area contributed by atoms with Crippen molar-refractivity contribution in [3.8, 4) is 17.2 Å². The summed E-state index contributed by atoms with van der Waals surface area (Å²) in [4.78, 5) is 15.5. The fourth-order valence-electron chi connectivity index (χ4n) is 2.75. The molecule has 0 fully saturated rings. The van der Waals surface area contributed by atoms with E-state index in [0.717, 1.165) is 11.1 Å². The molecule has 3 aromatic carbocycles. The van der Waals surface area contributed by atoms with Gasteiger partial charge in [-0.3, -0.25) is 4.99 Å². The van der Waals surface area contributed by atoms with Gasteiger partial charge in [-0.25, -0.2) is 4.79 Å². The summed E-state index contributed by atoms with van der Waals surface area (Å²) < 4.78 is 16.5. The molecular weight excluding hydrogens is 406 g/mol. The fourth-order valence-corrected chi connectivity index (χ4v) is 2.91. The second-order valence-electron chi connectivity index (χ2n) is 6.28. The lowest BCUT2D eigenvalue weighted by molar-refractivity contribution is 0.0696. The molecule has 3 aromatic rings. The minimum absolute atomic E-state index is 0.213. The van der Waals surface area contributed by atoms with E-state index in [2.05, 4.69) is 4.99 Å². The number of halogens is 1. The summed E-state index contributed by atoms with van der Waals surface area (Å²) >= 11 is 6.04. The Kier molecular flexibility index (Phi) is 6.93. The van der Waals surface area contributed by atoms with Crippen molar-refractivity contribution in [2.24, 2.45) is 4.99 Å². The number of carboxylic acids is 1. The Hall–Kier alpha value is -3.51. The molecule has 30 heavy (non-hydrogen) atoms. The molecule has 0 aliphatic heterocycles. The maximum atomic E-state index is 11.1. The zero-order chi connectivity index (χ0) is 21.5. The Morgan fingerprint density at radius 1 is 1.00 bits per heavy atom. The second-order valence-corrected chi connectivity index (χ2v) is 6.72. The Bertz CT molecular complexity index is 1080. The number of ether oxygens (including phenoxy) is 3. The number of carbonyl (C=O) groups is 1. The highest BCUT2D eigenvalue weighted by molar-refractivity contribution is 6.30. The van der Waals surface area contributed by atoms with Crippen LogP contribution in [0, 0.1) is 0 Å². The predicted octanol–water partition coefficient (Wildman–Crippen LogP) is 5.39. The van der Waals surface area contributed by atoms with Crippen LogP contribution < -0.4 is 14.2 Å². The molecule has 0 aromatic heterocycles. The van der Waals surface area contributed by atoms with Crippen LogP contribution in [-0.4, -0.2) is 31.5 Å². The summed E-state index contributed by atoms with van der Waals surface area (Å²) in [6, 6.07) is 17.2. The van der Waals surface area contributed by atoms with Gasteiger partial charge in [0.15, 0.2) is 11.5 Å². The number of carboxylic acid groups (broad SMARTS) is 1. The number of hydrogen-bond acceptors (Lipinski definition) is 5. The van der Waals surface area contributed by atoms with E-state index < -0.39 is 5.97 Å². The Morgan fingerprint density at radius 2 is 1.77 bits per heavy atom. The van der Waals surface area contributed by atoms with Gasteiger partial charge in [0.1, 0.15) is 18.0 Å². The molecule has 0 spiro atoms. The van der Waals surface area contributed by atoms with Crippen LogP contribution >= 0.6 is 11.6 Å². The van der Waals surface area contributed by atoms with Crippen LogP contribution in [0.5, 0.6) is 17.2 Å². The summed E-state index contributed by atoms with van der Waals surface area (Å²) in [5, 5.41) is 9.67. The molecule has 0 heterocycles. The van der Waals surface area contributed by atoms with Crippen molar-refractivity contribution < 1.29 is 24.1 Å². The predicted molar refractivity (Wildman–Crippen MR) is 116 cm³/mol. The van der Waals surface area contributed by atoms with Crippen molar-refractivity contribution >= 4 is 29.5 Å². The average Bonchev–Trinajstić information content (AvgIpc) is 2.76. The molecule has 0 unspecified atom stereocenters. The highest BCUT2D eigenvalue weighted by Crippen LogP contribution is 2.31. The maximum absolute atomic E-state index is 11.1. The van der Waals surface area contributed by atoms with Crippen LogP contribution in [-0.2, 0) is 6.61 Å². The van der Waals surface area contributed by atoms with Crippen LogP contribution in [0.4, 0.5) is 5.69 Å². The van der Waals surface area contributed by atoms with Gasteiger partial charge in [-0.1, -0.05) is 23.7 Å². The fraction of sp³-hybridized carbons (Fsp3) is 0.130. The number of aliphatic imine (C=N–C) groups is 1. The third kappa shape index (κ3) is 5.30. The second kappa shape index (κ2) is 9.80. The molecule has 0 aliphatic rings. The first-order chi connectivity index (χ1) is 14.5. The highest BCUT2D eigenvalue weighted by atomic mass is 35.5. The summed E-state index contributed by atoms with van der Waals surface area (Å²) in [7, 11) is 3.12. The smallest absolute Gasteiger partial charge is 0.335 e. The van der Waals surface area contributed by atoms with Gasteiger partial charge in [0.2, 0.25) is 0 Å². The summed E-state index contributed by atoms with van der Waals surface area (Å²) in [6.45, 7) is 0.213. The lowest BCUT2D eigenvalue weighted by Gasteiger charge is -2.12. The minimum Gasteiger partial charge on any atom is -0.494 e. The van der Waals surface area contributed by atoms with Gasteiger partial charge in [-0.15, -0.1) is 0 Å². The molecule has 0 aliphatic carbocycles. The molecule has 0 saturated heterocycles. The van der Waals surface area contributed by atoms with Gasteiger partial charge < -0.3 is 19.3 Å². The summed E-state index contributed by atoms with van der Waals surface area (Å²) in [5.41, 5.74) is 2.37. The van der Waals surface area contributed by atoms with Crippen molar-refractivity contribution in [3.05, 3.63) is 82.4 Å². The molecule has 0 bridgehead atoms. The van der Waals surface area contributed by atoms with E-state index in [-0.39, 0.29) is 12.2 Å². The van der Waals surface area contributed by atoms with Crippen molar-refractivity contribution in [2.75, 3.05) is 14.2 Å². The van der Waals surface area contributed by atoms with E-state index in [1.807, 2.05) is 6.07 Å². The number of hydrogen-bond donors (Lipinski definition) is 1. The molecule has 3 rings (SSSR count). The first-order valence-electron chi connectivity index (χ1n) is 9.01. The lowest BCUT2D eigenvalue weighted by atomic mass is 10.1. The van der Waals surface area contributed by atoms with Crippen LogP contribution in [0.1, 0.15) is 21.5 Å². The average molecular weight is 426 g/mol. The maximum Gasteiger partial charge on any atom is 0.335 e. The van der Waals surface area contributed by atoms with Gasteiger partial charge >= 0.3 is 5.97 Å². The van der Waals surface area contributed by atoms with Crippen molar-refractivity contribution in [1.29, 1.82) is 0 Å². The molecular formula is C23H20ClNO5. The molecule has 0 radical (unpaired) electrons. The van der Waals surface area contributed by atoms with Gasteiger partial charge in [0.05, 0.1) is 19.8 Å². The summed E-state index contributed by atoms with van der Waals surface area (Å²) in [6.07, 6.45) is 1.68. The molecule has 7 heteroatoms. The SMILES string of the molecule is COc1ccc(Cl)cc1N=Cc1ccc(OCc2cccc(C(=O)O)c2)c(OC)c1. The molecule has 6 nitrogen and oxygen atoms in total. The van der Waals surface area contributed by atoms with Crippen molar-refractivity contribution in [1.82, 2.24) is 0 Å². The summed E-state index contributed by atoms with van der Waals surface area (Å²) in [5.74, 6) is 0.711. The Morgan fingerprint density at radius 3 is 2.50 bits per heavy atom. The Labute approximate surface area is 179 Å². The van der Waals surface area contributed by atoms with Gasteiger partial charge in [-0.2, -0.15) is 0 Å². The lowest BCUT2D eigenvalue weighted by Crippen LogP contribution is -2.01. The third-order valence-corrected chi connectivity index (χ3v) is 4.48.